The minimum Gasteiger partial charge on any atom is -0.461 e. The van der Waals surface area contributed by atoms with E-state index in [1.165, 1.54) is 6.20 Å². The Morgan fingerprint density at radius 2 is 1.93 bits per heavy atom. The highest BCUT2D eigenvalue weighted by atomic mass is 35.5. The molecular weight excluding hydrogens is 583 g/mol. The molecule has 5 heterocycles. The molecule has 1 aromatic carbocycles. The Morgan fingerprint density at radius 3 is 2.64 bits per heavy atom. The molecule has 2 aromatic heterocycles. The average molecular weight is 613 g/mol. The maximum absolute atomic E-state index is 16.4. The Morgan fingerprint density at radius 1 is 1.19 bits per heavy atom. The Hall–Kier alpha value is -3.03. The molecule has 42 heavy (non-hydrogen) atoms. The number of halogens is 6. The molecule has 6 rings (SSSR count). The van der Waals surface area contributed by atoms with Crippen LogP contribution in [0.15, 0.2) is 18.3 Å². The minimum atomic E-state index is -4.91. The first-order valence-electron chi connectivity index (χ1n) is 13.8. The average Bonchev–Trinajstić information content (AvgIpc) is 3.42. The number of pyridine rings is 1. The summed E-state index contributed by atoms with van der Waals surface area (Å²) in [4.78, 5) is 17.1. The first-order valence-corrected chi connectivity index (χ1v) is 14.2. The number of aromatic nitrogens is 3. The van der Waals surface area contributed by atoms with E-state index in [1.807, 2.05) is 18.7 Å². The van der Waals surface area contributed by atoms with Crippen molar-refractivity contribution in [2.45, 2.75) is 63.1 Å². The number of ether oxygens (including phenoxy) is 2. The lowest BCUT2D eigenvalue weighted by atomic mass is 9.95. The lowest BCUT2D eigenvalue weighted by Crippen LogP contribution is -2.50. The van der Waals surface area contributed by atoms with Crippen molar-refractivity contribution in [2.24, 2.45) is 0 Å². The quantitative estimate of drug-likeness (QED) is 0.292. The first kappa shape index (κ1) is 29.1. The van der Waals surface area contributed by atoms with Gasteiger partial charge in [0.2, 0.25) is 0 Å². The van der Waals surface area contributed by atoms with Gasteiger partial charge in [0, 0.05) is 30.4 Å². The molecule has 226 valence electrons. The van der Waals surface area contributed by atoms with Crippen molar-refractivity contribution in [3.8, 4) is 17.3 Å². The largest absolute Gasteiger partial charge is 0.461 e. The lowest BCUT2D eigenvalue weighted by Gasteiger charge is -2.40. The summed E-state index contributed by atoms with van der Waals surface area (Å²) in [5, 5.41) is -0.483. The van der Waals surface area contributed by atoms with Gasteiger partial charge in [0.15, 0.2) is 5.82 Å². The van der Waals surface area contributed by atoms with Gasteiger partial charge in [-0.2, -0.15) is 23.1 Å². The second kappa shape index (κ2) is 10.6. The predicted molar refractivity (Wildman–Crippen MR) is 148 cm³/mol. The van der Waals surface area contributed by atoms with Gasteiger partial charge in [-0.05, 0) is 45.4 Å². The van der Waals surface area contributed by atoms with Crippen LogP contribution in [0.1, 0.15) is 38.7 Å². The van der Waals surface area contributed by atoms with Crippen molar-refractivity contribution in [2.75, 3.05) is 43.5 Å². The standard InChI is InChI=1S/C28H30ClF5N6O2/c1-14-11-41-12-15(2)40(14)25-19-9-36-23(18-6-17(35)7-20(29)21(18)28(32,33)34)22(31)24(19)37-26(38-25)42-13-27-4-3-5-39(27)10-16(30)8-27/h6-7,9,14-16H,3-5,8,10-13,35H2,1-2H3/t14-,15-,16+,27-/m0/s1. The Kier molecular flexibility index (Phi) is 7.33. The van der Waals surface area contributed by atoms with Crippen LogP contribution in [-0.2, 0) is 10.9 Å². The number of fused-ring (bicyclic) bond motifs is 2. The molecule has 0 aliphatic carbocycles. The van der Waals surface area contributed by atoms with Crippen molar-refractivity contribution in [3.05, 3.63) is 34.7 Å². The number of benzene rings is 1. The first-order chi connectivity index (χ1) is 19.9. The molecule has 0 bridgehead atoms. The summed E-state index contributed by atoms with van der Waals surface area (Å²) in [5.41, 5.74) is 2.45. The van der Waals surface area contributed by atoms with E-state index in [0.29, 0.717) is 32.0 Å². The molecule has 0 unspecified atom stereocenters. The van der Waals surface area contributed by atoms with Gasteiger partial charge in [0.05, 0.1) is 46.8 Å². The van der Waals surface area contributed by atoms with Crippen LogP contribution in [0, 0.1) is 5.82 Å². The smallest absolute Gasteiger partial charge is 0.418 e. The van der Waals surface area contributed by atoms with Gasteiger partial charge in [-0.1, -0.05) is 11.6 Å². The molecule has 3 fully saturated rings. The van der Waals surface area contributed by atoms with Crippen molar-refractivity contribution in [1.82, 2.24) is 19.9 Å². The third kappa shape index (κ3) is 4.98. The van der Waals surface area contributed by atoms with E-state index < -0.39 is 45.5 Å². The molecule has 2 N–H and O–H groups in total. The van der Waals surface area contributed by atoms with Crippen LogP contribution in [0.4, 0.5) is 33.5 Å². The van der Waals surface area contributed by atoms with Crippen LogP contribution in [0.2, 0.25) is 5.02 Å². The fourth-order valence-corrected chi connectivity index (χ4v) is 6.98. The zero-order chi connectivity index (χ0) is 30.0. The highest BCUT2D eigenvalue weighted by Gasteiger charge is 2.49. The zero-order valence-electron chi connectivity index (χ0n) is 23.0. The number of morpholine rings is 1. The molecule has 14 heteroatoms. The molecule has 0 amide bonds. The van der Waals surface area contributed by atoms with Gasteiger partial charge in [0.25, 0.3) is 0 Å². The Balaban J connectivity index is 1.50. The van der Waals surface area contributed by atoms with Gasteiger partial charge >= 0.3 is 12.2 Å². The fourth-order valence-electron chi connectivity index (χ4n) is 6.64. The fraction of sp³-hybridized carbons (Fsp3) is 0.536. The summed E-state index contributed by atoms with van der Waals surface area (Å²) in [6, 6.07) is 1.44. The zero-order valence-corrected chi connectivity index (χ0v) is 23.8. The van der Waals surface area contributed by atoms with Gasteiger partial charge in [-0.3, -0.25) is 9.88 Å². The molecule has 3 saturated heterocycles. The van der Waals surface area contributed by atoms with Crippen LogP contribution < -0.4 is 15.4 Å². The summed E-state index contributed by atoms with van der Waals surface area (Å²) in [6.07, 6.45) is -2.68. The SMILES string of the molecule is C[C@H]1COC[C@H](C)N1c1nc(OC[C@@]23CCCN2C[C@H](F)C3)nc2c(F)c(-c3cc(N)cc(Cl)c3C(F)(F)F)ncc12. The van der Waals surface area contributed by atoms with Gasteiger partial charge in [0.1, 0.15) is 29.8 Å². The van der Waals surface area contributed by atoms with Gasteiger partial charge < -0.3 is 20.1 Å². The maximum Gasteiger partial charge on any atom is 0.418 e. The molecule has 0 saturated carbocycles. The van der Waals surface area contributed by atoms with Crippen molar-refractivity contribution in [1.29, 1.82) is 0 Å². The van der Waals surface area contributed by atoms with Crippen LogP contribution in [-0.4, -0.2) is 76.6 Å². The molecule has 3 aliphatic rings. The van der Waals surface area contributed by atoms with Crippen LogP contribution in [0.3, 0.4) is 0 Å². The van der Waals surface area contributed by atoms with E-state index >= 15 is 4.39 Å². The normalized spacial score (nSPS) is 26.7. The van der Waals surface area contributed by atoms with Crippen LogP contribution in [0.25, 0.3) is 22.2 Å². The number of nitrogen functional groups attached to an aromatic ring is 1. The lowest BCUT2D eigenvalue weighted by molar-refractivity contribution is -0.137. The topological polar surface area (TPSA) is 89.6 Å². The summed E-state index contributed by atoms with van der Waals surface area (Å²) in [7, 11) is 0. The molecule has 3 aliphatic heterocycles. The van der Waals surface area contributed by atoms with Crippen LogP contribution >= 0.6 is 11.6 Å². The second-order valence-electron chi connectivity index (χ2n) is 11.4. The number of rotatable bonds is 5. The monoisotopic (exact) mass is 612 g/mol. The second-order valence-corrected chi connectivity index (χ2v) is 11.8. The highest BCUT2D eigenvalue weighted by Crippen LogP contribution is 2.45. The third-order valence-corrected chi connectivity index (χ3v) is 8.74. The summed E-state index contributed by atoms with van der Waals surface area (Å²) in [6.45, 7) is 5.77. The van der Waals surface area contributed by atoms with E-state index in [1.54, 1.807) is 0 Å². The molecular formula is C28H30ClF5N6O2. The summed E-state index contributed by atoms with van der Waals surface area (Å²) < 4.78 is 84.5. The Labute approximate surface area is 244 Å². The van der Waals surface area contributed by atoms with E-state index in [9.17, 15) is 17.6 Å². The van der Waals surface area contributed by atoms with E-state index in [-0.39, 0.29) is 41.3 Å². The molecule has 8 nitrogen and oxygen atoms in total. The highest BCUT2D eigenvalue weighted by molar-refractivity contribution is 6.32. The summed E-state index contributed by atoms with van der Waals surface area (Å²) in [5.74, 6) is -0.791. The maximum atomic E-state index is 16.4. The number of hydrogen-bond donors (Lipinski definition) is 1. The van der Waals surface area contributed by atoms with E-state index in [4.69, 9.17) is 26.8 Å². The predicted octanol–water partition coefficient (Wildman–Crippen LogP) is 5.65. The number of nitrogens with zero attached hydrogens (tertiary/aromatic N) is 5. The summed E-state index contributed by atoms with van der Waals surface area (Å²) >= 11 is 5.94. The number of alkyl halides is 4. The molecule has 0 spiro atoms. The van der Waals surface area contributed by atoms with Crippen molar-refractivity contribution >= 4 is 34.0 Å². The molecule has 3 aromatic rings. The van der Waals surface area contributed by atoms with Gasteiger partial charge in [-0.25, -0.2) is 8.78 Å². The van der Waals surface area contributed by atoms with Gasteiger partial charge in [-0.15, -0.1) is 0 Å². The number of anilines is 2. The van der Waals surface area contributed by atoms with Crippen molar-refractivity contribution < 1.29 is 31.4 Å². The van der Waals surface area contributed by atoms with Crippen LogP contribution in [0.5, 0.6) is 6.01 Å². The van der Waals surface area contributed by atoms with E-state index in [0.717, 1.165) is 31.5 Å². The van der Waals surface area contributed by atoms with E-state index in [2.05, 4.69) is 19.9 Å². The number of hydrogen-bond acceptors (Lipinski definition) is 8. The van der Waals surface area contributed by atoms with Crippen molar-refractivity contribution in [3.63, 3.8) is 0 Å². The molecule has 0 radical (unpaired) electrons. The number of nitrogens with two attached hydrogens (primary N) is 1. The Bertz CT molecular complexity index is 1520. The minimum absolute atomic E-state index is 0.0873. The third-order valence-electron chi connectivity index (χ3n) is 8.44. The molecule has 4 atom stereocenters.